The predicted octanol–water partition coefficient (Wildman–Crippen LogP) is 2.42. The summed E-state index contributed by atoms with van der Waals surface area (Å²) in [6, 6.07) is 0. The molecule has 0 heterocycles. The lowest BCUT2D eigenvalue weighted by Crippen LogP contribution is -1.89. The van der Waals surface area contributed by atoms with Crippen LogP contribution in [-0.4, -0.2) is 6.29 Å². The van der Waals surface area contributed by atoms with Gasteiger partial charge in [0.25, 0.3) is 0 Å². The second-order valence-electron chi connectivity index (χ2n) is 2.29. The van der Waals surface area contributed by atoms with Crippen molar-refractivity contribution < 1.29 is 4.79 Å². The summed E-state index contributed by atoms with van der Waals surface area (Å²) < 4.78 is 0. The van der Waals surface area contributed by atoms with E-state index in [0.717, 1.165) is 24.8 Å². The molecule has 0 aromatic carbocycles. The average molecular weight is 157 g/mol. The summed E-state index contributed by atoms with van der Waals surface area (Å²) in [5.41, 5.74) is 0.975. The Balaban J connectivity index is 2.78. The van der Waals surface area contributed by atoms with E-state index in [1.54, 1.807) is 0 Å². The molecule has 0 saturated heterocycles. The summed E-state index contributed by atoms with van der Waals surface area (Å²) in [5.74, 6) is 0. The molecule has 0 spiro atoms. The van der Waals surface area contributed by atoms with E-state index in [1.807, 2.05) is 12.2 Å². The minimum absolute atomic E-state index is 0.357. The first kappa shape index (κ1) is 7.55. The zero-order valence-electron chi connectivity index (χ0n) is 5.64. The van der Waals surface area contributed by atoms with Crippen molar-refractivity contribution in [3.63, 3.8) is 0 Å². The van der Waals surface area contributed by atoms with Gasteiger partial charge >= 0.3 is 0 Å². The molecule has 0 aliphatic heterocycles. The molecule has 10 heavy (non-hydrogen) atoms. The highest BCUT2D eigenvalue weighted by Crippen LogP contribution is 2.20. The Kier molecular flexibility index (Phi) is 2.69. The van der Waals surface area contributed by atoms with Crippen LogP contribution in [0.5, 0.6) is 0 Å². The molecule has 2 heteroatoms. The lowest BCUT2D eigenvalue weighted by molar-refractivity contribution is -0.104. The first-order valence-electron chi connectivity index (χ1n) is 3.35. The van der Waals surface area contributed by atoms with Gasteiger partial charge in [0, 0.05) is 0 Å². The maximum absolute atomic E-state index is 10.2. The van der Waals surface area contributed by atoms with E-state index in [-0.39, 0.29) is 0 Å². The van der Waals surface area contributed by atoms with Crippen LogP contribution in [-0.2, 0) is 4.79 Å². The third-order valence-electron chi connectivity index (χ3n) is 1.55. The number of carbonyl (C=O) groups excluding carboxylic acids is 1. The second kappa shape index (κ2) is 3.57. The van der Waals surface area contributed by atoms with Gasteiger partial charge in [-0.3, -0.25) is 4.79 Å². The zero-order chi connectivity index (χ0) is 7.40. The number of allylic oxidation sites excluding steroid dienone is 4. The predicted molar refractivity (Wildman–Crippen MR) is 41.9 cm³/mol. The maximum Gasteiger partial charge on any atom is 0.161 e. The molecule has 0 saturated carbocycles. The highest BCUT2D eigenvalue weighted by Gasteiger charge is 2.02. The minimum Gasteiger partial charge on any atom is -0.297 e. The van der Waals surface area contributed by atoms with Crippen LogP contribution < -0.4 is 0 Å². The molecule has 0 amide bonds. The molecule has 1 aliphatic rings. The van der Waals surface area contributed by atoms with E-state index in [0.29, 0.717) is 11.3 Å². The zero-order valence-corrected chi connectivity index (χ0v) is 6.40. The molecule has 0 radical (unpaired) electrons. The van der Waals surface area contributed by atoms with Crippen LogP contribution in [0.25, 0.3) is 0 Å². The van der Waals surface area contributed by atoms with E-state index >= 15 is 0 Å². The highest BCUT2D eigenvalue weighted by molar-refractivity contribution is 6.39. The van der Waals surface area contributed by atoms with Gasteiger partial charge in [0.1, 0.15) is 0 Å². The van der Waals surface area contributed by atoms with Crippen LogP contribution in [0, 0.1) is 0 Å². The van der Waals surface area contributed by atoms with Crippen molar-refractivity contribution in [3.05, 3.63) is 22.8 Å². The molecular weight excluding hydrogens is 148 g/mol. The number of halogens is 1. The third kappa shape index (κ3) is 1.71. The van der Waals surface area contributed by atoms with Gasteiger partial charge < -0.3 is 0 Å². The lowest BCUT2D eigenvalue weighted by atomic mass is 10.0. The normalized spacial score (nSPS) is 22.5. The molecule has 0 atom stereocenters. The standard InChI is InChI=1S/C8H9ClO/c9-8(6-10)7-4-2-1-3-5-7/h2,4,6H,1,3,5H2. The Bertz CT molecular complexity index is 191. The van der Waals surface area contributed by atoms with Crippen LogP contribution in [0.4, 0.5) is 0 Å². The summed E-state index contributed by atoms with van der Waals surface area (Å²) in [7, 11) is 0. The van der Waals surface area contributed by atoms with Gasteiger partial charge in [-0.2, -0.15) is 0 Å². The topological polar surface area (TPSA) is 17.1 Å². The van der Waals surface area contributed by atoms with Crippen LogP contribution in [0.2, 0.25) is 0 Å². The molecule has 0 aromatic rings. The smallest absolute Gasteiger partial charge is 0.161 e. The number of rotatable bonds is 1. The number of hydrogen-bond acceptors (Lipinski definition) is 1. The Labute approximate surface area is 65.4 Å². The van der Waals surface area contributed by atoms with Crippen LogP contribution >= 0.6 is 11.6 Å². The Hall–Kier alpha value is -0.560. The summed E-state index contributed by atoms with van der Waals surface area (Å²) in [4.78, 5) is 10.2. The van der Waals surface area contributed by atoms with Crippen molar-refractivity contribution in [1.29, 1.82) is 0 Å². The van der Waals surface area contributed by atoms with Crippen molar-refractivity contribution in [1.82, 2.24) is 0 Å². The SMILES string of the molecule is O=CC(Cl)=C1C=CCCC1. The average Bonchev–Trinajstić information content (AvgIpc) is 2.05. The quantitative estimate of drug-likeness (QED) is 0.421. The molecule has 0 aromatic heterocycles. The first-order chi connectivity index (χ1) is 4.84. The second-order valence-corrected chi connectivity index (χ2v) is 2.69. The summed E-state index contributed by atoms with van der Waals surface area (Å²) in [6.45, 7) is 0. The largest absolute Gasteiger partial charge is 0.297 e. The van der Waals surface area contributed by atoms with E-state index in [9.17, 15) is 4.79 Å². The van der Waals surface area contributed by atoms with Gasteiger partial charge in [-0.25, -0.2) is 0 Å². The first-order valence-corrected chi connectivity index (χ1v) is 3.73. The summed E-state index contributed by atoms with van der Waals surface area (Å²) in [6.07, 6.45) is 7.83. The third-order valence-corrected chi connectivity index (χ3v) is 1.88. The van der Waals surface area contributed by atoms with Crippen molar-refractivity contribution in [2.75, 3.05) is 0 Å². The lowest BCUT2D eigenvalue weighted by Gasteiger charge is -2.06. The minimum atomic E-state index is 0.357. The summed E-state index contributed by atoms with van der Waals surface area (Å²) in [5, 5.41) is 0.357. The van der Waals surface area contributed by atoms with E-state index in [4.69, 9.17) is 11.6 Å². The van der Waals surface area contributed by atoms with E-state index in [1.165, 1.54) is 0 Å². The van der Waals surface area contributed by atoms with Crippen molar-refractivity contribution in [2.45, 2.75) is 19.3 Å². The van der Waals surface area contributed by atoms with Gasteiger partial charge in [-0.1, -0.05) is 23.8 Å². The number of carbonyl (C=O) groups is 1. The molecule has 0 fully saturated rings. The van der Waals surface area contributed by atoms with Crippen molar-refractivity contribution in [3.8, 4) is 0 Å². The Morgan fingerprint density at radius 1 is 1.70 bits per heavy atom. The fourth-order valence-corrected chi connectivity index (χ4v) is 1.15. The molecule has 0 unspecified atom stereocenters. The summed E-state index contributed by atoms with van der Waals surface area (Å²) >= 11 is 5.60. The molecule has 1 aliphatic carbocycles. The monoisotopic (exact) mass is 156 g/mol. The number of hydrogen-bond donors (Lipinski definition) is 0. The van der Waals surface area contributed by atoms with E-state index in [2.05, 4.69) is 0 Å². The number of aldehydes is 1. The Morgan fingerprint density at radius 2 is 2.50 bits per heavy atom. The van der Waals surface area contributed by atoms with Gasteiger partial charge in [-0.05, 0) is 24.8 Å². The molecule has 1 rings (SSSR count). The molecule has 54 valence electrons. The van der Waals surface area contributed by atoms with Gasteiger partial charge in [0.2, 0.25) is 0 Å². The fraction of sp³-hybridized carbons (Fsp3) is 0.375. The van der Waals surface area contributed by atoms with Crippen LogP contribution in [0.1, 0.15) is 19.3 Å². The van der Waals surface area contributed by atoms with Gasteiger partial charge in [-0.15, -0.1) is 0 Å². The van der Waals surface area contributed by atoms with Crippen molar-refractivity contribution in [2.24, 2.45) is 0 Å². The molecule has 0 bridgehead atoms. The molecule has 0 N–H and O–H groups in total. The van der Waals surface area contributed by atoms with Crippen molar-refractivity contribution >= 4 is 17.9 Å². The molecule has 1 nitrogen and oxygen atoms in total. The van der Waals surface area contributed by atoms with E-state index < -0.39 is 0 Å². The molecular formula is C8H9ClO. The fourth-order valence-electron chi connectivity index (χ4n) is 0.994. The van der Waals surface area contributed by atoms with Gasteiger partial charge in [0.15, 0.2) is 6.29 Å². The maximum atomic E-state index is 10.2. The van der Waals surface area contributed by atoms with Crippen LogP contribution in [0.15, 0.2) is 22.8 Å². The van der Waals surface area contributed by atoms with Gasteiger partial charge in [0.05, 0.1) is 5.03 Å². The Morgan fingerprint density at radius 3 is 3.00 bits per heavy atom. The van der Waals surface area contributed by atoms with Crippen LogP contribution in [0.3, 0.4) is 0 Å². The highest BCUT2D eigenvalue weighted by atomic mass is 35.5.